The van der Waals surface area contributed by atoms with E-state index in [1.54, 1.807) is 0 Å². The molecule has 1 aliphatic heterocycles. The minimum Gasteiger partial charge on any atom is -0.394 e. The lowest BCUT2D eigenvalue weighted by molar-refractivity contribution is -0.479. The number of carbonyl (C=O) groups excluding carboxylic acids is 1. The zero-order valence-corrected chi connectivity index (χ0v) is 9.62. The van der Waals surface area contributed by atoms with Crippen LogP contribution in [0.4, 0.5) is 0 Å². The second-order valence-corrected chi connectivity index (χ2v) is 4.06. The predicted molar refractivity (Wildman–Crippen MR) is 56.4 cm³/mol. The summed E-state index contributed by atoms with van der Waals surface area (Å²) in [5.74, 6) is -4.45. The summed E-state index contributed by atoms with van der Waals surface area (Å²) in [7, 11) is 0. The first kappa shape index (κ1) is 14.2. The monoisotopic (exact) mass is 282 g/mol. The van der Waals surface area contributed by atoms with E-state index in [-0.39, 0.29) is 0 Å². The summed E-state index contributed by atoms with van der Waals surface area (Å²) in [6.45, 7) is -2.96. The molecule has 0 aliphatic carbocycles. The van der Waals surface area contributed by atoms with E-state index in [0.717, 1.165) is 0 Å². The molecule has 0 aromatic rings. The fourth-order valence-corrected chi connectivity index (χ4v) is 1.69. The number of ether oxygens (including phenoxy) is 1. The summed E-state index contributed by atoms with van der Waals surface area (Å²) in [6, 6.07) is 0. The van der Waals surface area contributed by atoms with Crippen LogP contribution >= 0.6 is 0 Å². The molecule has 0 amide bonds. The van der Waals surface area contributed by atoms with Gasteiger partial charge in [-0.1, -0.05) is 0 Å². The quantitative estimate of drug-likeness (QED) is 0.252. The number of Topliss-reactive ketones (excluding diaryl/α,β-unsaturated/α-hetero) is 1. The average Bonchev–Trinajstić information content (AvgIpc) is 2.40. The molecule has 0 spiro atoms. The molecule has 0 bridgehead atoms. The summed E-state index contributed by atoms with van der Waals surface area (Å²) in [4.78, 5) is 20.9. The summed E-state index contributed by atoms with van der Waals surface area (Å²) in [5, 5.41) is 57.6. The van der Waals surface area contributed by atoms with Gasteiger partial charge in [-0.05, 0) is 0 Å². The standard InChI is InChI=1S/C9H15NO9/c11-3-4-6(13)7(14)8(15)9(16,19-4)5(12)1-2-10(17)18/h4,6-8,11,13-16H,1-3H2/t4-,6-,7+,8-,9?/m1/s1/i2D/t2?,4-,6-,7+,8-,9?. The van der Waals surface area contributed by atoms with E-state index in [1.165, 1.54) is 0 Å². The zero-order chi connectivity index (χ0) is 15.7. The van der Waals surface area contributed by atoms with E-state index in [4.69, 9.17) is 6.48 Å². The second-order valence-electron chi connectivity index (χ2n) is 4.06. The fraction of sp³-hybridized carbons (Fsp3) is 0.889. The molecular formula is C9H15NO9. The predicted octanol–water partition coefficient (Wildman–Crippen LogP) is -3.62. The van der Waals surface area contributed by atoms with Crippen LogP contribution in [0.1, 0.15) is 7.79 Å². The lowest BCUT2D eigenvalue weighted by Gasteiger charge is -2.44. The molecule has 1 rings (SSSR count). The van der Waals surface area contributed by atoms with Gasteiger partial charge in [0, 0.05) is 4.92 Å². The average molecular weight is 282 g/mol. The number of nitrogens with zero attached hydrogens (tertiary/aromatic N) is 1. The van der Waals surface area contributed by atoms with Crippen LogP contribution in [-0.4, -0.2) is 79.6 Å². The molecule has 10 nitrogen and oxygen atoms in total. The van der Waals surface area contributed by atoms with Crippen molar-refractivity contribution in [3.63, 3.8) is 0 Å². The third-order valence-electron chi connectivity index (χ3n) is 2.79. The Labute approximate surface area is 108 Å². The Morgan fingerprint density at radius 1 is 1.42 bits per heavy atom. The van der Waals surface area contributed by atoms with E-state index in [1.807, 2.05) is 0 Å². The minimum atomic E-state index is -3.04. The highest BCUT2D eigenvalue weighted by molar-refractivity contribution is 5.86. The molecule has 0 aromatic heterocycles. The van der Waals surface area contributed by atoms with E-state index in [2.05, 4.69) is 4.74 Å². The van der Waals surface area contributed by atoms with Crippen molar-refractivity contribution in [2.75, 3.05) is 13.1 Å². The highest BCUT2D eigenvalue weighted by atomic mass is 16.7. The molecule has 1 fully saturated rings. The molecule has 19 heavy (non-hydrogen) atoms. The highest BCUT2D eigenvalue weighted by Crippen LogP contribution is 2.29. The topological polar surface area (TPSA) is 171 Å². The molecule has 10 heteroatoms. The molecule has 1 aliphatic rings. The van der Waals surface area contributed by atoms with Gasteiger partial charge in [-0.25, -0.2) is 0 Å². The third kappa shape index (κ3) is 3.05. The Morgan fingerprint density at radius 3 is 2.47 bits per heavy atom. The van der Waals surface area contributed by atoms with Crippen molar-refractivity contribution in [1.29, 1.82) is 0 Å². The van der Waals surface area contributed by atoms with Crippen LogP contribution < -0.4 is 0 Å². The van der Waals surface area contributed by atoms with Crippen molar-refractivity contribution < 1.29 is 41.4 Å². The molecule has 110 valence electrons. The second kappa shape index (κ2) is 5.86. The molecule has 2 unspecified atom stereocenters. The van der Waals surface area contributed by atoms with Crippen molar-refractivity contribution in [3.05, 3.63) is 10.1 Å². The Bertz CT molecular complexity index is 392. The van der Waals surface area contributed by atoms with Gasteiger partial charge in [0.2, 0.25) is 12.3 Å². The lowest BCUT2D eigenvalue weighted by Crippen LogP contribution is -2.68. The Kier molecular flexibility index (Phi) is 4.39. The maximum Gasteiger partial charge on any atom is 0.256 e. The normalized spacial score (nSPS) is 41.4. The van der Waals surface area contributed by atoms with Crippen LogP contribution in [0, 0.1) is 10.1 Å². The number of hydrogen-bond donors (Lipinski definition) is 5. The Balaban J connectivity index is 2.94. The van der Waals surface area contributed by atoms with Crippen LogP contribution in [0.5, 0.6) is 0 Å². The zero-order valence-electron chi connectivity index (χ0n) is 10.6. The maximum atomic E-state index is 11.7. The molecule has 5 N–H and O–H groups in total. The summed E-state index contributed by atoms with van der Waals surface area (Å²) < 4.78 is 11.6. The number of rotatable bonds is 5. The van der Waals surface area contributed by atoms with Gasteiger partial charge in [0.05, 0.1) is 13.0 Å². The molecule has 0 saturated carbocycles. The molecule has 6 atom stereocenters. The summed E-state index contributed by atoms with van der Waals surface area (Å²) in [6.07, 6.45) is -8.68. The van der Waals surface area contributed by atoms with Gasteiger partial charge >= 0.3 is 0 Å². The van der Waals surface area contributed by atoms with Crippen LogP contribution in [-0.2, 0) is 9.53 Å². The molecule has 0 aromatic carbocycles. The molecular weight excluding hydrogens is 266 g/mol. The van der Waals surface area contributed by atoms with Gasteiger partial charge in [0.15, 0.2) is 0 Å². The lowest BCUT2D eigenvalue weighted by atomic mass is 9.89. The SMILES string of the molecule is [2H]C(CC(=O)C1(O)O[C@H](CO)[C@@H](O)[C@H](O)[C@H]1O)[N+](=O)[O-]. The maximum absolute atomic E-state index is 11.7. The van der Waals surface area contributed by atoms with E-state index in [0.29, 0.717) is 0 Å². The van der Waals surface area contributed by atoms with Gasteiger partial charge in [0.1, 0.15) is 25.8 Å². The van der Waals surface area contributed by atoms with Crippen LogP contribution in [0.3, 0.4) is 0 Å². The number of carbonyl (C=O) groups is 1. The summed E-state index contributed by atoms with van der Waals surface area (Å²) in [5.41, 5.74) is 0. The largest absolute Gasteiger partial charge is 0.394 e. The minimum absolute atomic E-state index is 0.875. The van der Waals surface area contributed by atoms with Crippen LogP contribution in [0.15, 0.2) is 0 Å². The van der Waals surface area contributed by atoms with Crippen molar-refractivity contribution in [1.82, 2.24) is 0 Å². The number of ketones is 1. The van der Waals surface area contributed by atoms with E-state index in [9.17, 15) is 35.3 Å². The first-order valence-corrected chi connectivity index (χ1v) is 5.29. The number of aliphatic hydroxyl groups excluding tert-OH is 4. The number of hydrogen-bond acceptors (Lipinski definition) is 9. The number of aliphatic hydroxyl groups is 5. The smallest absolute Gasteiger partial charge is 0.256 e. The third-order valence-corrected chi connectivity index (χ3v) is 2.79. The molecule has 1 heterocycles. The fourth-order valence-electron chi connectivity index (χ4n) is 1.69. The van der Waals surface area contributed by atoms with Gasteiger partial charge in [-0.15, -0.1) is 0 Å². The van der Waals surface area contributed by atoms with E-state index >= 15 is 0 Å². The Morgan fingerprint density at radius 2 is 2.00 bits per heavy atom. The van der Waals surface area contributed by atoms with Gasteiger partial charge in [0.25, 0.3) is 5.79 Å². The first-order valence-electron chi connectivity index (χ1n) is 5.87. The molecule has 0 radical (unpaired) electrons. The Hall–Kier alpha value is -1.17. The van der Waals surface area contributed by atoms with Gasteiger partial charge in [-0.2, -0.15) is 0 Å². The van der Waals surface area contributed by atoms with Crippen LogP contribution in [0.25, 0.3) is 0 Å². The van der Waals surface area contributed by atoms with Crippen molar-refractivity contribution in [2.24, 2.45) is 0 Å². The van der Waals surface area contributed by atoms with E-state index < -0.39 is 60.5 Å². The van der Waals surface area contributed by atoms with Crippen molar-refractivity contribution in [3.8, 4) is 0 Å². The van der Waals surface area contributed by atoms with Crippen LogP contribution in [0.2, 0.25) is 0 Å². The van der Waals surface area contributed by atoms with Gasteiger partial charge < -0.3 is 30.3 Å². The highest BCUT2D eigenvalue weighted by Gasteiger charge is 2.56. The number of nitro groups is 1. The summed E-state index contributed by atoms with van der Waals surface area (Å²) >= 11 is 0. The van der Waals surface area contributed by atoms with Crippen molar-refractivity contribution in [2.45, 2.75) is 36.6 Å². The molecule has 1 saturated heterocycles. The van der Waals surface area contributed by atoms with Crippen molar-refractivity contribution >= 4 is 5.78 Å². The van der Waals surface area contributed by atoms with Gasteiger partial charge in [-0.3, -0.25) is 14.9 Å². The first-order chi connectivity index (χ1) is 9.15.